The van der Waals surface area contributed by atoms with Crippen LogP contribution in [0.3, 0.4) is 0 Å². The summed E-state index contributed by atoms with van der Waals surface area (Å²) in [6.07, 6.45) is 9.90. The number of nitrogens with one attached hydrogen (secondary N) is 1. The number of fused-ring (bicyclic) bond motifs is 1. The second-order valence-corrected chi connectivity index (χ2v) is 6.48. The van der Waals surface area contributed by atoms with Crippen molar-refractivity contribution in [1.82, 2.24) is 15.1 Å². The summed E-state index contributed by atoms with van der Waals surface area (Å²) in [4.78, 5) is 12.4. The van der Waals surface area contributed by atoms with Crippen LogP contribution in [0.25, 0.3) is 0 Å². The Kier molecular flexibility index (Phi) is 3.48. The Labute approximate surface area is 129 Å². The lowest BCUT2D eigenvalue weighted by molar-refractivity contribution is 0.0896. The van der Waals surface area contributed by atoms with Gasteiger partial charge in [-0.3, -0.25) is 9.48 Å². The SMILES string of the molecule is O=C(N[C@@H]1CC[C@H]2CCC[C@H]21)c1ccc(Cn2cccn2)o1. The van der Waals surface area contributed by atoms with E-state index in [0.717, 1.165) is 18.1 Å². The second-order valence-electron chi connectivity index (χ2n) is 6.48. The van der Waals surface area contributed by atoms with Gasteiger partial charge in [-0.15, -0.1) is 0 Å². The van der Waals surface area contributed by atoms with Gasteiger partial charge in [-0.25, -0.2) is 0 Å². The van der Waals surface area contributed by atoms with E-state index in [-0.39, 0.29) is 5.91 Å². The molecule has 2 aliphatic rings. The number of aromatic nitrogens is 2. The number of furan rings is 1. The standard InChI is InChI=1S/C17H21N3O2/c21-17(19-15-7-5-12-3-1-4-14(12)15)16-8-6-13(22-16)11-20-10-2-9-18-20/h2,6,8-10,12,14-15H,1,3-5,7,11H2,(H,19,21)/t12-,14-,15-/m1/s1. The molecule has 3 atom stereocenters. The summed E-state index contributed by atoms with van der Waals surface area (Å²) in [7, 11) is 0. The fraction of sp³-hybridized carbons (Fsp3) is 0.529. The van der Waals surface area contributed by atoms with Crippen LogP contribution in [0, 0.1) is 11.8 Å². The van der Waals surface area contributed by atoms with Crippen molar-refractivity contribution in [1.29, 1.82) is 0 Å². The molecule has 0 aliphatic heterocycles. The van der Waals surface area contributed by atoms with Crippen LogP contribution in [-0.4, -0.2) is 21.7 Å². The molecule has 2 saturated carbocycles. The highest BCUT2D eigenvalue weighted by atomic mass is 16.4. The lowest BCUT2D eigenvalue weighted by atomic mass is 9.97. The topological polar surface area (TPSA) is 60.1 Å². The van der Waals surface area contributed by atoms with Crippen LogP contribution in [0.15, 0.2) is 35.0 Å². The maximum absolute atomic E-state index is 12.4. The zero-order valence-electron chi connectivity index (χ0n) is 12.6. The molecule has 4 rings (SSSR count). The van der Waals surface area contributed by atoms with Crippen molar-refractivity contribution in [3.8, 4) is 0 Å². The summed E-state index contributed by atoms with van der Waals surface area (Å²) in [5, 5.41) is 7.32. The van der Waals surface area contributed by atoms with Gasteiger partial charge in [-0.05, 0) is 49.3 Å². The third-order valence-corrected chi connectivity index (χ3v) is 5.16. The first kappa shape index (κ1) is 13.6. The van der Waals surface area contributed by atoms with Crippen LogP contribution in [-0.2, 0) is 6.54 Å². The van der Waals surface area contributed by atoms with Crippen LogP contribution in [0.2, 0.25) is 0 Å². The molecule has 5 heteroatoms. The molecule has 116 valence electrons. The van der Waals surface area contributed by atoms with E-state index in [2.05, 4.69) is 10.4 Å². The predicted octanol–water partition coefficient (Wildman–Crippen LogP) is 2.83. The van der Waals surface area contributed by atoms with Gasteiger partial charge in [0.25, 0.3) is 5.91 Å². The first-order valence-corrected chi connectivity index (χ1v) is 8.16. The van der Waals surface area contributed by atoms with Crippen molar-refractivity contribution in [3.05, 3.63) is 42.1 Å². The van der Waals surface area contributed by atoms with Crippen LogP contribution in [0.1, 0.15) is 48.4 Å². The molecule has 2 fully saturated rings. The average molecular weight is 299 g/mol. The summed E-state index contributed by atoms with van der Waals surface area (Å²) < 4.78 is 7.45. The largest absolute Gasteiger partial charge is 0.454 e. The van der Waals surface area contributed by atoms with Gasteiger partial charge in [0.2, 0.25) is 0 Å². The van der Waals surface area contributed by atoms with E-state index >= 15 is 0 Å². The lowest BCUT2D eigenvalue weighted by Crippen LogP contribution is -2.37. The average Bonchev–Trinajstić information content (AvgIpc) is 3.24. The Bertz CT molecular complexity index is 647. The second kappa shape index (κ2) is 5.63. The normalized spacial score (nSPS) is 27.0. The van der Waals surface area contributed by atoms with Crippen LogP contribution in [0.4, 0.5) is 0 Å². The third-order valence-electron chi connectivity index (χ3n) is 5.16. The smallest absolute Gasteiger partial charge is 0.287 e. The highest BCUT2D eigenvalue weighted by Gasteiger charge is 2.39. The molecule has 2 aromatic rings. The Balaban J connectivity index is 1.39. The number of hydrogen-bond donors (Lipinski definition) is 1. The molecule has 2 aromatic heterocycles. The molecular formula is C17H21N3O2. The summed E-state index contributed by atoms with van der Waals surface area (Å²) in [5.41, 5.74) is 0. The molecular weight excluding hydrogens is 278 g/mol. The molecule has 0 radical (unpaired) electrons. The molecule has 0 unspecified atom stereocenters. The van der Waals surface area contributed by atoms with Gasteiger partial charge in [0.15, 0.2) is 5.76 Å². The molecule has 0 saturated heterocycles. The van der Waals surface area contributed by atoms with Crippen molar-refractivity contribution in [3.63, 3.8) is 0 Å². The van der Waals surface area contributed by atoms with Crippen LogP contribution in [0.5, 0.6) is 0 Å². The Morgan fingerprint density at radius 3 is 3.14 bits per heavy atom. The minimum Gasteiger partial charge on any atom is -0.454 e. The van der Waals surface area contributed by atoms with Gasteiger partial charge < -0.3 is 9.73 Å². The minimum atomic E-state index is -0.0794. The van der Waals surface area contributed by atoms with Crippen LogP contribution < -0.4 is 5.32 Å². The number of hydrogen-bond acceptors (Lipinski definition) is 3. The van der Waals surface area contributed by atoms with E-state index < -0.39 is 0 Å². The number of carbonyl (C=O) groups is 1. The Morgan fingerprint density at radius 1 is 1.32 bits per heavy atom. The molecule has 22 heavy (non-hydrogen) atoms. The molecule has 1 amide bonds. The number of carbonyl (C=O) groups excluding carboxylic acids is 1. The fourth-order valence-electron chi connectivity index (χ4n) is 4.12. The lowest BCUT2D eigenvalue weighted by Gasteiger charge is -2.19. The number of amides is 1. The monoisotopic (exact) mass is 299 g/mol. The van der Waals surface area contributed by atoms with Gasteiger partial charge >= 0.3 is 0 Å². The zero-order valence-corrected chi connectivity index (χ0v) is 12.6. The van der Waals surface area contributed by atoms with E-state index in [1.54, 1.807) is 16.9 Å². The van der Waals surface area contributed by atoms with Gasteiger partial charge in [0, 0.05) is 18.4 Å². The van der Waals surface area contributed by atoms with E-state index in [1.165, 1.54) is 25.7 Å². The highest BCUT2D eigenvalue weighted by Crippen LogP contribution is 2.44. The van der Waals surface area contributed by atoms with Crippen molar-refractivity contribution >= 4 is 5.91 Å². The molecule has 2 aliphatic carbocycles. The van der Waals surface area contributed by atoms with Crippen molar-refractivity contribution in [2.24, 2.45) is 11.8 Å². The zero-order chi connectivity index (χ0) is 14.9. The van der Waals surface area contributed by atoms with Gasteiger partial charge in [0.05, 0.1) is 6.54 Å². The molecule has 0 aromatic carbocycles. The van der Waals surface area contributed by atoms with Crippen molar-refractivity contribution in [2.75, 3.05) is 0 Å². The fourth-order valence-corrected chi connectivity index (χ4v) is 4.12. The van der Waals surface area contributed by atoms with Gasteiger partial charge in [0.1, 0.15) is 5.76 Å². The van der Waals surface area contributed by atoms with E-state index in [0.29, 0.717) is 24.3 Å². The Morgan fingerprint density at radius 2 is 2.27 bits per heavy atom. The predicted molar refractivity (Wildman–Crippen MR) is 81.4 cm³/mol. The molecule has 0 spiro atoms. The highest BCUT2D eigenvalue weighted by molar-refractivity contribution is 5.91. The van der Waals surface area contributed by atoms with Crippen molar-refractivity contribution in [2.45, 2.75) is 44.7 Å². The first-order chi connectivity index (χ1) is 10.8. The maximum Gasteiger partial charge on any atom is 0.287 e. The van der Waals surface area contributed by atoms with Gasteiger partial charge in [-0.2, -0.15) is 5.10 Å². The summed E-state index contributed by atoms with van der Waals surface area (Å²) in [5.74, 6) is 2.59. The van der Waals surface area contributed by atoms with E-state index in [1.807, 2.05) is 18.3 Å². The van der Waals surface area contributed by atoms with Crippen LogP contribution >= 0.6 is 0 Å². The van der Waals surface area contributed by atoms with Crippen molar-refractivity contribution < 1.29 is 9.21 Å². The van der Waals surface area contributed by atoms with E-state index in [4.69, 9.17) is 4.42 Å². The summed E-state index contributed by atoms with van der Waals surface area (Å²) in [6, 6.07) is 5.81. The minimum absolute atomic E-state index is 0.0794. The molecule has 2 heterocycles. The first-order valence-electron chi connectivity index (χ1n) is 8.16. The maximum atomic E-state index is 12.4. The molecule has 5 nitrogen and oxygen atoms in total. The summed E-state index contributed by atoms with van der Waals surface area (Å²) >= 11 is 0. The molecule has 0 bridgehead atoms. The van der Waals surface area contributed by atoms with E-state index in [9.17, 15) is 4.79 Å². The Hall–Kier alpha value is -2.04. The van der Waals surface area contributed by atoms with Gasteiger partial charge in [-0.1, -0.05) is 12.8 Å². The number of rotatable bonds is 4. The molecule has 1 N–H and O–H groups in total. The number of nitrogens with zero attached hydrogens (tertiary/aromatic N) is 2. The quantitative estimate of drug-likeness (QED) is 0.944. The third kappa shape index (κ3) is 2.56. The summed E-state index contributed by atoms with van der Waals surface area (Å²) in [6.45, 7) is 0.550.